The van der Waals surface area contributed by atoms with Gasteiger partial charge in [0.1, 0.15) is 5.69 Å². The van der Waals surface area contributed by atoms with Gasteiger partial charge in [-0.2, -0.15) is 0 Å². The first-order chi connectivity index (χ1) is 15.4. The Labute approximate surface area is 185 Å². The van der Waals surface area contributed by atoms with Crippen molar-refractivity contribution < 1.29 is 28.8 Å². The van der Waals surface area contributed by atoms with Crippen molar-refractivity contribution in [1.82, 2.24) is 20.4 Å². The zero-order valence-corrected chi connectivity index (χ0v) is 17.9. The monoisotopic (exact) mass is 450 g/mol. The fraction of sp³-hybridized carbons (Fsp3) is 0.550. The number of quaternary nitrogens is 1. The zero-order valence-electron chi connectivity index (χ0n) is 17.9. The number of hydrogen-bond donors (Lipinski definition) is 3. The van der Waals surface area contributed by atoms with Crippen molar-refractivity contribution in [1.29, 1.82) is 0 Å². The van der Waals surface area contributed by atoms with Crippen LogP contribution in [0.4, 0.5) is 16.2 Å². The molecule has 0 radical (unpaired) electrons. The van der Waals surface area contributed by atoms with Gasteiger partial charge in [-0.3, -0.25) is 34.8 Å². The minimum atomic E-state index is -1.68. The summed E-state index contributed by atoms with van der Waals surface area (Å²) in [6.07, 6.45) is 0.0149. The maximum absolute atomic E-state index is 13.3. The topological polar surface area (TPSA) is 149 Å². The quantitative estimate of drug-likeness (QED) is 0.149. The zero-order chi connectivity index (χ0) is 23.2. The van der Waals surface area contributed by atoms with E-state index in [1.807, 2.05) is 6.92 Å². The van der Waals surface area contributed by atoms with Gasteiger partial charge < -0.3 is 14.8 Å². The SMILES string of the molecule is CCOCCOCCC1([N+]2(c3ccc([N+](=O)[O-])cc3)CCNCC2)C(=O)NC(=O)NC1=O. The molecule has 0 aromatic heterocycles. The fourth-order valence-electron chi connectivity index (χ4n) is 4.46. The summed E-state index contributed by atoms with van der Waals surface area (Å²) < 4.78 is 10.8. The van der Waals surface area contributed by atoms with Crippen LogP contribution in [-0.2, 0) is 19.1 Å². The molecule has 3 N–H and O–H groups in total. The first-order valence-electron chi connectivity index (χ1n) is 10.5. The molecule has 12 nitrogen and oxygen atoms in total. The van der Waals surface area contributed by atoms with Crippen LogP contribution in [0.5, 0.6) is 0 Å². The number of urea groups is 1. The summed E-state index contributed by atoms with van der Waals surface area (Å²) in [6, 6.07) is 4.97. The Balaban J connectivity index is 2.02. The smallest absolute Gasteiger partial charge is 0.328 e. The summed E-state index contributed by atoms with van der Waals surface area (Å²) in [6.45, 7) is 4.94. The van der Waals surface area contributed by atoms with Gasteiger partial charge in [-0.25, -0.2) is 4.79 Å². The molecule has 2 aliphatic heterocycles. The number of ether oxygens (including phenoxy) is 2. The molecule has 0 bridgehead atoms. The number of hydrogen-bond acceptors (Lipinski definition) is 8. The Hall–Kier alpha value is -2.93. The summed E-state index contributed by atoms with van der Waals surface area (Å²) >= 11 is 0. The molecule has 1 aromatic carbocycles. The van der Waals surface area contributed by atoms with Crippen LogP contribution >= 0.6 is 0 Å². The standard InChI is InChI=1S/C20H27N5O7/c1-2-31-13-14-32-12-7-20(17(26)22-19(28)23-18(20)27)25(10-8-21-9-11-25)16-5-3-15(4-6-16)24(29)30/h3-6,21H,2,7-14H2,1H3,(H-,22,23,26,27,28)/p+1. The molecule has 3 rings (SSSR count). The molecule has 0 atom stereocenters. The third-order valence-corrected chi connectivity index (χ3v) is 6.02. The average molecular weight is 450 g/mol. The molecular formula is C20H28N5O7+. The van der Waals surface area contributed by atoms with E-state index in [1.54, 1.807) is 12.1 Å². The number of piperazine rings is 1. The van der Waals surface area contributed by atoms with Crippen molar-refractivity contribution in [2.24, 2.45) is 0 Å². The van der Waals surface area contributed by atoms with Crippen LogP contribution in [0, 0.1) is 10.1 Å². The lowest BCUT2D eigenvalue weighted by molar-refractivity contribution is -0.384. The van der Waals surface area contributed by atoms with Crippen molar-refractivity contribution in [3.05, 3.63) is 34.4 Å². The molecule has 32 heavy (non-hydrogen) atoms. The Morgan fingerprint density at radius 2 is 1.59 bits per heavy atom. The van der Waals surface area contributed by atoms with E-state index in [9.17, 15) is 24.5 Å². The van der Waals surface area contributed by atoms with Crippen LogP contribution in [0.1, 0.15) is 13.3 Å². The number of carbonyl (C=O) groups is 3. The summed E-state index contributed by atoms with van der Waals surface area (Å²) in [5.74, 6) is -1.42. The van der Waals surface area contributed by atoms with E-state index in [2.05, 4.69) is 16.0 Å². The van der Waals surface area contributed by atoms with Crippen LogP contribution in [0.15, 0.2) is 24.3 Å². The van der Waals surface area contributed by atoms with Crippen molar-refractivity contribution in [3.8, 4) is 0 Å². The molecule has 12 heteroatoms. The molecule has 2 aliphatic rings. The van der Waals surface area contributed by atoms with E-state index in [4.69, 9.17) is 9.47 Å². The number of nitrogens with one attached hydrogen (secondary N) is 3. The van der Waals surface area contributed by atoms with E-state index in [0.29, 0.717) is 51.7 Å². The molecule has 0 unspecified atom stereocenters. The predicted molar refractivity (Wildman–Crippen MR) is 114 cm³/mol. The molecule has 2 saturated heterocycles. The van der Waals surface area contributed by atoms with Crippen molar-refractivity contribution in [2.75, 3.05) is 52.6 Å². The summed E-state index contributed by atoms with van der Waals surface area (Å²) in [5, 5.41) is 18.8. The van der Waals surface area contributed by atoms with E-state index < -0.39 is 28.3 Å². The van der Waals surface area contributed by atoms with Crippen LogP contribution < -0.4 is 20.4 Å². The Bertz CT molecular complexity index is 848. The van der Waals surface area contributed by atoms with Crippen LogP contribution in [0.3, 0.4) is 0 Å². The Morgan fingerprint density at radius 1 is 1.00 bits per heavy atom. The van der Waals surface area contributed by atoms with Gasteiger partial charge in [-0.1, -0.05) is 0 Å². The molecule has 2 fully saturated rings. The van der Waals surface area contributed by atoms with Crippen LogP contribution in [-0.4, -0.2) is 80.9 Å². The van der Waals surface area contributed by atoms with Gasteiger partial charge in [0.2, 0.25) is 0 Å². The highest BCUT2D eigenvalue weighted by Crippen LogP contribution is 2.39. The third kappa shape index (κ3) is 4.35. The van der Waals surface area contributed by atoms with Gasteiger partial charge in [0.15, 0.2) is 0 Å². The van der Waals surface area contributed by atoms with E-state index in [-0.39, 0.29) is 23.2 Å². The average Bonchev–Trinajstić information content (AvgIpc) is 2.78. The molecule has 174 valence electrons. The number of non-ortho nitro benzene ring substituents is 1. The lowest BCUT2D eigenvalue weighted by Crippen LogP contribution is -2.83. The highest BCUT2D eigenvalue weighted by atomic mass is 16.6. The third-order valence-electron chi connectivity index (χ3n) is 6.02. The van der Waals surface area contributed by atoms with Crippen molar-refractivity contribution in [3.63, 3.8) is 0 Å². The maximum atomic E-state index is 13.3. The van der Waals surface area contributed by atoms with E-state index >= 15 is 0 Å². The normalized spacial score (nSPS) is 19.8. The van der Waals surface area contributed by atoms with E-state index in [1.165, 1.54) is 12.1 Å². The second kappa shape index (κ2) is 10.1. The molecular weight excluding hydrogens is 422 g/mol. The Kier molecular flexibility index (Phi) is 7.51. The Morgan fingerprint density at radius 3 is 2.16 bits per heavy atom. The maximum Gasteiger partial charge on any atom is 0.328 e. The lowest BCUT2D eigenvalue weighted by Gasteiger charge is -2.53. The van der Waals surface area contributed by atoms with Crippen LogP contribution in [0.25, 0.3) is 0 Å². The molecule has 0 aliphatic carbocycles. The fourth-order valence-corrected chi connectivity index (χ4v) is 4.46. The lowest BCUT2D eigenvalue weighted by atomic mass is 9.84. The van der Waals surface area contributed by atoms with Gasteiger partial charge in [0.25, 0.3) is 23.0 Å². The molecule has 0 saturated carbocycles. The summed E-state index contributed by atoms with van der Waals surface area (Å²) in [4.78, 5) is 49.1. The molecule has 2 heterocycles. The van der Waals surface area contributed by atoms with Gasteiger partial charge in [-0.05, 0) is 6.92 Å². The number of imide groups is 2. The highest BCUT2D eigenvalue weighted by molar-refractivity contribution is 6.23. The second-order valence-corrected chi connectivity index (χ2v) is 7.60. The van der Waals surface area contributed by atoms with E-state index in [0.717, 1.165) is 0 Å². The van der Waals surface area contributed by atoms with Crippen molar-refractivity contribution >= 4 is 29.2 Å². The van der Waals surface area contributed by atoms with Gasteiger partial charge in [0, 0.05) is 50.4 Å². The number of nitro groups is 1. The minimum Gasteiger partial charge on any atom is -0.379 e. The molecule has 1 aromatic rings. The first kappa shape index (κ1) is 23.7. The largest absolute Gasteiger partial charge is 0.379 e. The number of rotatable bonds is 10. The predicted octanol–water partition coefficient (Wildman–Crippen LogP) is 0.0533. The van der Waals surface area contributed by atoms with Gasteiger partial charge in [0.05, 0.1) is 37.8 Å². The number of carbonyl (C=O) groups excluding carboxylic acids is 3. The van der Waals surface area contributed by atoms with Gasteiger partial charge in [-0.15, -0.1) is 0 Å². The number of nitrogens with zero attached hydrogens (tertiary/aromatic N) is 2. The minimum absolute atomic E-state index is 0.0149. The van der Waals surface area contributed by atoms with Crippen LogP contribution in [0.2, 0.25) is 0 Å². The molecule has 0 spiro atoms. The van der Waals surface area contributed by atoms with Crippen molar-refractivity contribution in [2.45, 2.75) is 18.9 Å². The summed E-state index contributed by atoms with van der Waals surface area (Å²) in [5.41, 5.74) is -1.20. The van der Waals surface area contributed by atoms with Gasteiger partial charge >= 0.3 is 6.03 Å². The highest BCUT2D eigenvalue weighted by Gasteiger charge is 2.65. The number of benzene rings is 1. The number of barbiturate groups is 1. The number of amides is 4. The molecule has 4 amide bonds. The summed E-state index contributed by atoms with van der Waals surface area (Å²) in [7, 11) is 0. The second-order valence-electron chi connectivity index (χ2n) is 7.60. The first-order valence-corrected chi connectivity index (χ1v) is 10.5. The number of nitro benzene ring substituents is 1.